The maximum atomic E-state index is 13.4. The van der Waals surface area contributed by atoms with Crippen LogP contribution in [0.5, 0.6) is 5.75 Å². The largest absolute Gasteiger partial charge is 0.493 e. The first-order valence-corrected chi connectivity index (χ1v) is 11.4. The average molecular weight is 426 g/mol. The number of aryl methyl sites for hydroxylation is 1. The van der Waals surface area contributed by atoms with E-state index in [-0.39, 0.29) is 5.82 Å². The van der Waals surface area contributed by atoms with Crippen LogP contribution in [0.3, 0.4) is 0 Å². The molecule has 0 saturated carbocycles. The van der Waals surface area contributed by atoms with E-state index in [1.165, 1.54) is 17.7 Å². The smallest absolute Gasteiger partial charge is 0.170 e. The lowest BCUT2D eigenvalue weighted by Gasteiger charge is -2.31. The van der Waals surface area contributed by atoms with Gasteiger partial charge in [-0.3, -0.25) is 0 Å². The monoisotopic (exact) mass is 425 g/mol. The number of benzene rings is 2. The van der Waals surface area contributed by atoms with E-state index in [2.05, 4.69) is 35.2 Å². The Morgan fingerprint density at radius 2 is 2.03 bits per heavy atom. The summed E-state index contributed by atoms with van der Waals surface area (Å²) in [7, 11) is 0. The number of ether oxygens (including phenoxy) is 1. The number of nitrogens with two attached hydrogens (primary N) is 1. The zero-order chi connectivity index (χ0) is 21.6. The first-order valence-electron chi connectivity index (χ1n) is 11.4. The first kappa shape index (κ1) is 21.8. The third kappa shape index (κ3) is 5.25. The van der Waals surface area contributed by atoms with E-state index in [4.69, 9.17) is 15.0 Å². The minimum absolute atomic E-state index is 0.289. The summed E-state index contributed by atoms with van der Waals surface area (Å²) in [5, 5.41) is 5.18. The van der Waals surface area contributed by atoms with Crippen molar-refractivity contribution in [3.8, 4) is 5.75 Å². The molecule has 0 amide bonds. The highest BCUT2D eigenvalue weighted by molar-refractivity contribution is 5.79. The fourth-order valence-electron chi connectivity index (χ4n) is 4.50. The average Bonchev–Trinajstić information content (AvgIpc) is 3.21. The molecular weight excluding hydrogens is 393 g/mol. The van der Waals surface area contributed by atoms with E-state index in [1.54, 1.807) is 6.07 Å². The highest BCUT2D eigenvalue weighted by Gasteiger charge is 2.25. The van der Waals surface area contributed by atoms with Gasteiger partial charge >= 0.3 is 0 Å². The molecule has 0 unspecified atom stereocenters. The van der Waals surface area contributed by atoms with Crippen LogP contribution in [0.15, 0.2) is 40.9 Å². The third-order valence-corrected chi connectivity index (χ3v) is 6.20. The van der Waals surface area contributed by atoms with Crippen molar-refractivity contribution in [1.82, 2.24) is 10.1 Å². The molecule has 2 N–H and O–H groups in total. The zero-order valence-corrected chi connectivity index (χ0v) is 18.3. The van der Waals surface area contributed by atoms with Gasteiger partial charge in [0.1, 0.15) is 11.6 Å². The van der Waals surface area contributed by atoms with E-state index >= 15 is 0 Å². The summed E-state index contributed by atoms with van der Waals surface area (Å²) < 4.78 is 24.7. The van der Waals surface area contributed by atoms with Crippen molar-refractivity contribution < 1.29 is 13.7 Å². The van der Waals surface area contributed by atoms with Gasteiger partial charge in [0.15, 0.2) is 5.58 Å². The van der Waals surface area contributed by atoms with Crippen molar-refractivity contribution >= 4 is 11.0 Å². The van der Waals surface area contributed by atoms with Crippen LogP contribution < -0.4 is 10.5 Å². The quantitative estimate of drug-likeness (QED) is 0.487. The van der Waals surface area contributed by atoms with Crippen LogP contribution >= 0.6 is 0 Å². The molecule has 1 saturated heterocycles. The van der Waals surface area contributed by atoms with E-state index < -0.39 is 0 Å². The van der Waals surface area contributed by atoms with Crippen LogP contribution in [0.4, 0.5) is 4.39 Å². The summed E-state index contributed by atoms with van der Waals surface area (Å²) in [6, 6.07) is 11.0. The molecule has 2 heterocycles. The number of hydrogen-bond donors (Lipinski definition) is 1. The molecule has 4 rings (SSSR count). The van der Waals surface area contributed by atoms with Gasteiger partial charge < -0.3 is 19.9 Å². The number of fused-ring (bicyclic) bond motifs is 1. The fraction of sp³-hybridized carbons (Fsp3) is 0.480. The first-order chi connectivity index (χ1) is 15.2. The van der Waals surface area contributed by atoms with Crippen molar-refractivity contribution in [2.45, 2.75) is 51.5 Å². The normalized spacial score (nSPS) is 15.6. The van der Waals surface area contributed by atoms with Crippen LogP contribution in [0.25, 0.3) is 11.0 Å². The highest BCUT2D eigenvalue weighted by Crippen LogP contribution is 2.32. The van der Waals surface area contributed by atoms with Crippen LogP contribution in [0, 0.1) is 5.82 Å². The maximum Gasteiger partial charge on any atom is 0.170 e. The molecule has 1 aliphatic heterocycles. The Balaban J connectivity index is 1.23. The van der Waals surface area contributed by atoms with Gasteiger partial charge in [-0.25, -0.2) is 4.39 Å². The molecule has 6 heteroatoms. The molecular formula is C25H32FN3O2. The summed E-state index contributed by atoms with van der Waals surface area (Å²) in [5.41, 5.74) is 9.83. The molecule has 3 aromatic rings. The van der Waals surface area contributed by atoms with E-state index in [0.29, 0.717) is 24.7 Å². The Labute approximate surface area is 183 Å². The minimum atomic E-state index is -0.289. The fourth-order valence-corrected chi connectivity index (χ4v) is 4.50. The highest BCUT2D eigenvalue weighted by atomic mass is 19.1. The Morgan fingerprint density at radius 1 is 1.19 bits per heavy atom. The zero-order valence-electron chi connectivity index (χ0n) is 18.3. The molecule has 1 fully saturated rings. The van der Waals surface area contributed by atoms with Crippen molar-refractivity contribution in [3.63, 3.8) is 0 Å². The van der Waals surface area contributed by atoms with Gasteiger partial charge in [0.25, 0.3) is 0 Å². The van der Waals surface area contributed by atoms with Gasteiger partial charge in [-0.05, 0) is 62.5 Å². The van der Waals surface area contributed by atoms with Gasteiger partial charge in [0.2, 0.25) is 0 Å². The number of likely N-dealkylation sites (tertiary alicyclic amines) is 1. The van der Waals surface area contributed by atoms with Gasteiger partial charge in [-0.1, -0.05) is 30.6 Å². The lowest BCUT2D eigenvalue weighted by Crippen LogP contribution is -2.34. The lowest BCUT2D eigenvalue weighted by molar-refractivity contribution is 0.190. The van der Waals surface area contributed by atoms with Crippen molar-refractivity contribution in [3.05, 3.63) is 59.0 Å². The molecule has 1 aliphatic rings. The molecule has 0 atom stereocenters. The van der Waals surface area contributed by atoms with Gasteiger partial charge in [-0.15, -0.1) is 0 Å². The third-order valence-electron chi connectivity index (χ3n) is 6.20. The molecule has 31 heavy (non-hydrogen) atoms. The molecule has 0 aliphatic carbocycles. The number of nitrogens with zero attached hydrogens (tertiary/aromatic N) is 2. The lowest BCUT2D eigenvalue weighted by atomic mass is 9.91. The summed E-state index contributed by atoms with van der Waals surface area (Å²) in [6.07, 6.45) is 5.26. The van der Waals surface area contributed by atoms with Crippen molar-refractivity contribution in [2.24, 2.45) is 5.73 Å². The summed E-state index contributed by atoms with van der Waals surface area (Å²) in [6.45, 7) is 6.46. The Morgan fingerprint density at radius 3 is 2.81 bits per heavy atom. The predicted octanol–water partition coefficient (Wildman–Crippen LogP) is 5.03. The predicted molar refractivity (Wildman–Crippen MR) is 121 cm³/mol. The Bertz CT molecular complexity index is 996. The van der Waals surface area contributed by atoms with Gasteiger partial charge in [0.05, 0.1) is 12.3 Å². The number of halogens is 1. The second-order valence-corrected chi connectivity index (χ2v) is 8.42. The summed E-state index contributed by atoms with van der Waals surface area (Å²) >= 11 is 0. The van der Waals surface area contributed by atoms with E-state index in [9.17, 15) is 4.39 Å². The Hall–Kier alpha value is -2.44. The number of aromatic nitrogens is 1. The Kier molecular flexibility index (Phi) is 7.20. The molecule has 1 aromatic heterocycles. The second kappa shape index (κ2) is 10.2. The van der Waals surface area contributed by atoms with Crippen molar-refractivity contribution in [1.29, 1.82) is 0 Å². The summed E-state index contributed by atoms with van der Waals surface area (Å²) in [4.78, 5) is 2.48. The summed E-state index contributed by atoms with van der Waals surface area (Å²) in [5.74, 6) is 0.992. The standard InChI is InChI=1S/C25H32FN3O2/c1-2-4-18-5-8-23(20(15-18)17-27)30-14-3-11-29-12-9-19(10-13-29)25-22-7-6-21(26)16-24(22)31-28-25/h5-8,15-16,19H,2-4,9-14,17,27H2,1H3. The van der Waals surface area contributed by atoms with E-state index in [0.717, 1.165) is 74.1 Å². The molecule has 2 aromatic carbocycles. The molecule has 0 bridgehead atoms. The number of hydrogen-bond acceptors (Lipinski definition) is 5. The number of piperidine rings is 1. The van der Waals surface area contributed by atoms with Gasteiger partial charge in [0, 0.05) is 36.0 Å². The topological polar surface area (TPSA) is 64.5 Å². The van der Waals surface area contributed by atoms with E-state index in [1.807, 2.05) is 0 Å². The molecule has 5 nitrogen and oxygen atoms in total. The molecule has 0 spiro atoms. The molecule has 166 valence electrons. The second-order valence-electron chi connectivity index (χ2n) is 8.42. The van der Waals surface area contributed by atoms with Crippen LogP contribution in [-0.2, 0) is 13.0 Å². The molecule has 0 radical (unpaired) electrons. The maximum absolute atomic E-state index is 13.4. The SMILES string of the molecule is CCCc1ccc(OCCCN2CCC(c3noc4cc(F)ccc34)CC2)c(CN)c1. The van der Waals surface area contributed by atoms with Gasteiger partial charge in [-0.2, -0.15) is 0 Å². The van der Waals surface area contributed by atoms with Crippen LogP contribution in [-0.4, -0.2) is 36.3 Å². The minimum Gasteiger partial charge on any atom is -0.493 e. The van der Waals surface area contributed by atoms with Crippen LogP contribution in [0.1, 0.15) is 55.3 Å². The number of rotatable bonds is 9. The van der Waals surface area contributed by atoms with Crippen molar-refractivity contribution in [2.75, 3.05) is 26.2 Å². The van der Waals surface area contributed by atoms with Crippen LogP contribution in [0.2, 0.25) is 0 Å².